The summed E-state index contributed by atoms with van der Waals surface area (Å²) in [6.45, 7) is 10.9. The molecule has 1 aromatic heterocycles. The van der Waals surface area contributed by atoms with E-state index in [2.05, 4.69) is 30.0 Å². The SMILES string of the molecule is CSC(C)C(=O)N1CCCN(Cc2cnn(C(C)C)c2)CC1. The third-order valence-corrected chi connectivity index (χ3v) is 5.10. The smallest absolute Gasteiger partial charge is 0.235 e. The number of carbonyl (C=O) groups is 1. The molecular formula is C16H28N4OS. The molecule has 0 radical (unpaired) electrons. The van der Waals surface area contributed by atoms with Gasteiger partial charge in [-0.3, -0.25) is 14.4 Å². The van der Waals surface area contributed by atoms with E-state index >= 15 is 0 Å². The first-order valence-electron chi connectivity index (χ1n) is 8.08. The number of carbonyl (C=O) groups excluding carboxylic acids is 1. The van der Waals surface area contributed by atoms with Crippen LogP contribution in [-0.2, 0) is 11.3 Å². The largest absolute Gasteiger partial charge is 0.340 e. The van der Waals surface area contributed by atoms with Crippen LogP contribution in [-0.4, -0.2) is 63.2 Å². The fourth-order valence-electron chi connectivity index (χ4n) is 2.71. The normalized spacial score (nSPS) is 18.5. The monoisotopic (exact) mass is 324 g/mol. The van der Waals surface area contributed by atoms with Crippen molar-refractivity contribution in [2.24, 2.45) is 0 Å². The van der Waals surface area contributed by atoms with Gasteiger partial charge >= 0.3 is 0 Å². The molecule has 1 saturated heterocycles. The van der Waals surface area contributed by atoms with Crippen LogP contribution in [0.15, 0.2) is 12.4 Å². The summed E-state index contributed by atoms with van der Waals surface area (Å²) in [5, 5.41) is 4.47. The van der Waals surface area contributed by atoms with Crippen molar-refractivity contribution < 1.29 is 4.79 Å². The number of nitrogens with zero attached hydrogens (tertiary/aromatic N) is 4. The first-order chi connectivity index (χ1) is 10.5. The summed E-state index contributed by atoms with van der Waals surface area (Å²) in [6.07, 6.45) is 7.14. The summed E-state index contributed by atoms with van der Waals surface area (Å²) in [5.74, 6) is 0.280. The Morgan fingerprint density at radius 1 is 1.27 bits per heavy atom. The Balaban J connectivity index is 1.88. The molecule has 5 nitrogen and oxygen atoms in total. The van der Waals surface area contributed by atoms with Gasteiger partial charge in [-0.05, 0) is 33.4 Å². The second-order valence-corrected chi connectivity index (χ2v) is 7.43. The van der Waals surface area contributed by atoms with Crippen LogP contribution in [0.2, 0.25) is 0 Å². The number of hydrogen-bond donors (Lipinski definition) is 0. The summed E-state index contributed by atoms with van der Waals surface area (Å²) in [6, 6.07) is 0.402. The van der Waals surface area contributed by atoms with Crippen LogP contribution in [0.3, 0.4) is 0 Å². The zero-order chi connectivity index (χ0) is 16.1. The minimum Gasteiger partial charge on any atom is -0.340 e. The fourth-order valence-corrected chi connectivity index (χ4v) is 3.06. The molecule has 22 heavy (non-hydrogen) atoms. The minimum atomic E-state index is 0.0656. The van der Waals surface area contributed by atoms with Gasteiger partial charge < -0.3 is 4.90 Å². The zero-order valence-corrected chi connectivity index (χ0v) is 15.0. The molecule has 0 saturated carbocycles. The van der Waals surface area contributed by atoms with Crippen molar-refractivity contribution in [2.45, 2.75) is 45.0 Å². The Kier molecular flexibility index (Phi) is 6.32. The molecule has 0 N–H and O–H groups in total. The Labute approximate surface area is 138 Å². The average Bonchev–Trinajstić information content (AvgIpc) is 2.85. The average molecular weight is 324 g/mol. The lowest BCUT2D eigenvalue weighted by atomic mass is 10.3. The topological polar surface area (TPSA) is 41.4 Å². The summed E-state index contributed by atoms with van der Waals surface area (Å²) in [4.78, 5) is 16.8. The molecule has 1 aromatic rings. The quantitative estimate of drug-likeness (QED) is 0.833. The number of aromatic nitrogens is 2. The van der Waals surface area contributed by atoms with Gasteiger partial charge in [-0.15, -0.1) is 0 Å². The highest BCUT2D eigenvalue weighted by molar-refractivity contribution is 7.99. The molecule has 1 aliphatic rings. The maximum atomic E-state index is 12.3. The van der Waals surface area contributed by atoms with E-state index in [4.69, 9.17) is 0 Å². The molecule has 0 aliphatic carbocycles. The predicted octanol–water partition coefficient (Wildman–Crippen LogP) is 2.25. The Morgan fingerprint density at radius 2 is 2.05 bits per heavy atom. The van der Waals surface area contributed by atoms with Gasteiger partial charge in [0.15, 0.2) is 0 Å². The van der Waals surface area contributed by atoms with E-state index in [9.17, 15) is 4.79 Å². The summed E-state index contributed by atoms with van der Waals surface area (Å²) >= 11 is 1.63. The maximum Gasteiger partial charge on any atom is 0.235 e. The maximum absolute atomic E-state index is 12.3. The number of rotatable bonds is 5. The van der Waals surface area contributed by atoms with E-state index < -0.39 is 0 Å². The van der Waals surface area contributed by atoms with Crippen LogP contribution in [0.5, 0.6) is 0 Å². The molecule has 0 spiro atoms. The summed E-state index contributed by atoms with van der Waals surface area (Å²) in [7, 11) is 0. The highest BCUT2D eigenvalue weighted by Gasteiger charge is 2.22. The highest BCUT2D eigenvalue weighted by atomic mass is 32.2. The highest BCUT2D eigenvalue weighted by Crippen LogP contribution is 2.14. The lowest BCUT2D eigenvalue weighted by Gasteiger charge is -2.24. The molecule has 6 heteroatoms. The number of hydrogen-bond acceptors (Lipinski definition) is 4. The predicted molar refractivity (Wildman–Crippen MR) is 92.1 cm³/mol. The number of thioether (sulfide) groups is 1. The lowest BCUT2D eigenvalue weighted by molar-refractivity contribution is -0.130. The van der Waals surface area contributed by atoms with Crippen molar-refractivity contribution >= 4 is 17.7 Å². The molecule has 1 amide bonds. The third kappa shape index (κ3) is 4.49. The molecule has 124 valence electrons. The van der Waals surface area contributed by atoms with Crippen LogP contribution in [0.1, 0.15) is 38.8 Å². The van der Waals surface area contributed by atoms with Gasteiger partial charge in [0.2, 0.25) is 5.91 Å². The number of amides is 1. The van der Waals surface area contributed by atoms with Gasteiger partial charge in [0.1, 0.15) is 0 Å². The Morgan fingerprint density at radius 3 is 2.68 bits per heavy atom. The van der Waals surface area contributed by atoms with E-state index in [-0.39, 0.29) is 11.2 Å². The molecule has 0 bridgehead atoms. The first-order valence-corrected chi connectivity index (χ1v) is 9.37. The summed E-state index contributed by atoms with van der Waals surface area (Å²) in [5.41, 5.74) is 1.26. The molecule has 2 heterocycles. The van der Waals surface area contributed by atoms with Crippen LogP contribution < -0.4 is 0 Å². The van der Waals surface area contributed by atoms with Crippen LogP contribution in [0, 0.1) is 0 Å². The van der Waals surface area contributed by atoms with Gasteiger partial charge in [-0.2, -0.15) is 16.9 Å². The molecule has 1 atom stereocenters. The van der Waals surface area contributed by atoms with Crippen molar-refractivity contribution in [3.8, 4) is 0 Å². The lowest BCUT2D eigenvalue weighted by Crippen LogP contribution is -2.39. The fraction of sp³-hybridized carbons (Fsp3) is 0.750. The minimum absolute atomic E-state index is 0.0656. The van der Waals surface area contributed by atoms with Gasteiger partial charge in [0, 0.05) is 50.5 Å². The van der Waals surface area contributed by atoms with Crippen LogP contribution in [0.4, 0.5) is 0 Å². The molecule has 2 rings (SSSR count). The molecule has 1 fully saturated rings. The van der Waals surface area contributed by atoms with E-state index in [0.717, 1.165) is 39.1 Å². The van der Waals surface area contributed by atoms with Gasteiger partial charge in [0.25, 0.3) is 0 Å². The van der Waals surface area contributed by atoms with Crippen molar-refractivity contribution in [3.05, 3.63) is 18.0 Å². The Bertz CT molecular complexity index is 488. The molecule has 1 aliphatic heterocycles. The second kappa shape index (κ2) is 8.02. The van der Waals surface area contributed by atoms with Gasteiger partial charge in [-0.1, -0.05) is 0 Å². The van der Waals surface area contributed by atoms with Crippen LogP contribution in [0.25, 0.3) is 0 Å². The first kappa shape index (κ1) is 17.3. The molecule has 0 aromatic carbocycles. The van der Waals surface area contributed by atoms with Crippen molar-refractivity contribution in [2.75, 3.05) is 32.4 Å². The Hall–Kier alpha value is -1.01. The van der Waals surface area contributed by atoms with Gasteiger partial charge in [-0.25, -0.2) is 0 Å². The van der Waals surface area contributed by atoms with Gasteiger partial charge in [0.05, 0.1) is 11.4 Å². The molecule has 1 unspecified atom stereocenters. The second-order valence-electron chi connectivity index (χ2n) is 6.26. The van der Waals surface area contributed by atoms with E-state index in [0.29, 0.717) is 6.04 Å². The van der Waals surface area contributed by atoms with Crippen molar-refractivity contribution in [1.82, 2.24) is 19.6 Å². The van der Waals surface area contributed by atoms with Crippen molar-refractivity contribution in [1.29, 1.82) is 0 Å². The zero-order valence-electron chi connectivity index (χ0n) is 14.2. The van der Waals surface area contributed by atoms with E-state index in [1.807, 2.05) is 29.0 Å². The van der Waals surface area contributed by atoms with Crippen LogP contribution >= 0.6 is 11.8 Å². The van der Waals surface area contributed by atoms with E-state index in [1.165, 1.54) is 5.56 Å². The third-order valence-electron chi connectivity index (χ3n) is 4.19. The summed E-state index contributed by atoms with van der Waals surface area (Å²) < 4.78 is 2.00. The molecular weight excluding hydrogens is 296 g/mol. The van der Waals surface area contributed by atoms with E-state index in [1.54, 1.807) is 11.8 Å². The standard InChI is InChI=1S/C16H28N4OS/c1-13(2)20-12-15(10-17-20)11-18-6-5-7-19(9-8-18)16(21)14(3)22-4/h10,12-14H,5-9,11H2,1-4H3. The van der Waals surface area contributed by atoms with Crippen molar-refractivity contribution in [3.63, 3.8) is 0 Å².